The maximum Gasteiger partial charge on any atom is 0.414 e. The van der Waals surface area contributed by atoms with E-state index in [0.717, 1.165) is 0 Å². The summed E-state index contributed by atoms with van der Waals surface area (Å²) in [6, 6.07) is 7.99. The maximum atomic E-state index is 15.2. The van der Waals surface area contributed by atoms with E-state index in [1.807, 2.05) is 44.7 Å². The lowest BCUT2D eigenvalue weighted by Gasteiger charge is -2.37. The number of aryl methyl sites for hydroxylation is 1. The van der Waals surface area contributed by atoms with Gasteiger partial charge in [-0.3, -0.25) is 14.7 Å². The Bertz CT molecular complexity index is 1450. The van der Waals surface area contributed by atoms with Crippen molar-refractivity contribution in [3.63, 3.8) is 0 Å². The van der Waals surface area contributed by atoms with E-state index in [4.69, 9.17) is 14.2 Å². The molecule has 2 aliphatic heterocycles. The smallest absolute Gasteiger partial charge is 0.414 e. The van der Waals surface area contributed by atoms with Crippen molar-refractivity contribution < 1.29 is 33.0 Å². The number of cyclic esters (lactones) is 1. The fraction of sp³-hybridized carbons (Fsp3) is 0.438. The summed E-state index contributed by atoms with van der Waals surface area (Å²) < 4.78 is 31.4. The van der Waals surface area contributed by atoms with Gasteiger partial charge in [-0.1, -0.05) is 6.08 Å². The van der Waals surface area contributed by atoms with Crippen LogP contribution in [0.3, 0.4) is 0 Å². The van der Waals surface area contributed by atoms with E-state index in [0.29, 0.717) is 60.3 Å². The molecule has 3 amide bonds. The van der Waals surface area contributed by atoms with Gasteiger partial charge >= 0.3 is 12.2 Å². The van der Waals surface area contributed by atoms with Crippen molar-refractivity contribution in [3.05, 3.63) is 71.0 Å². The first-order chi connectivity index (χ1) is 20.9. The molecule has 0 radical (unpaired) electrons. The van der Waals surface area contributed by atoms with Crippen molar-refractivity contribution in [1.82, 2.24) is 15.2 Å². The molecule has 2 saturated heterocycles. The Morgan fingerprint density at radius 2 is 1.89 bits per heavy atom. The van der Waals surface area contributed by atoms with Gasteiger partial charge in [0, 0.05) is 32.3 Å². The van der Waals surface area contributed by atoms with Gasteiger partial charge in [-0.15, -0.1) is 0 Å². The van der Waals surface area contributed by atoms with Gasteiger partial charge < -0.3 is 29.3 Å². The van der Waals surface area contributed by atoms with Crippen molar-refractivity contribution in [2.45, 2.75) is 46.3 Å². The zero-order valence-corrected chi connectivity index (χ0v) is 26.1. The molecule has 2 aliphatic rings. The third-order valence-corrected chi connectivity index (χ3v) is 7.09. The second-order valence-electron chi connectivity index (χ2n) is 11.5. The monoisotopic (exact) mass is 609 g/mol. The molecule has 12 heteroatoms. The quantitative estimate of drug-likeness (QED) is 0.332. The van der Waals surface area contributed by atoms with E-state index in [1.165, 1.54) is 11.0 Å². The molecule has 1 atom stereocenters. The molecule has 0 unspecified atom stereocenters. The van der Waals surface area contributed by atoms with E-state index in [9.17, 15) is 14.4 Å². The van der Waals surface area contributed by atoms with Crippen LogP contribution in [0.15, 0.2) is 48.2 Å². The van der Waals surface area contributed by atoms with Crippen molar-refractivity contribution in [1.29, 1.82) is 0 Å². The molecule has 3 heterocycles. The summed E-state index contributed by atoms with van der Waals surface area (Å²) in [7, 11) is 1.57. The first-order valence-electron chi connectivity index (χ1n) is 14.5. The normalized spacial score (nSPS) is 17.6. The molecule has 1 N–H and O–H groups in total. The molecule has 4 rings (SSSR count). The van der Waals surface area contributed by atoms with Gasteiger partial charge in [-0.05, 0) is 71.0 Å². The minimum atomic E-state index is -0.619. The summed E-state index contributed by atoms with van der Waals surface area (Å²) >= 11 is 0. The zero-order valence-electron chi connectivity index (χ0n) is 26.1. The average molecular weight is 610 g/mol. The molecule has 44 heavy (non-hydrogen) atoms. The molecule has 1 aromatic carbocycles. The number of ether oxygens (including phenoxy) is 3. The second kappa shape index (κ2) is 13.8. The number of benzene rings is 1. The average Bonchev–Trinajstić information content (AvgIpc) is 3.35. The van der Waals surface area contributed by atoms with Crippen molar-refractivity contribution >= 4 is 35.5 Å². The second-order valence-corrected chi connectivity index (χ2v) is 11.5. The van der Waals surface area contributed by atoms with Gasteiger partial charge in [0.1, 0.15) is 23.3 Å². The summed E-state index contributed by atoms with van der Waals surface area (Å²) in [5.74, 6) is -0.193. The number of nitrogens with zero attached hydrogens (tertiary/aromatic N) is 4. The molecule has 2 aromatic rings. The van der Waals surface area contributed by atoms with Crippen LogP contribution in [0, 0.1) is 12.7 Å². The number of hydrogen-bond acceptors (Lipinski definition) is 8. The molecule has 11 nitrogen and oxygen atoms in total. The van der Waals surface area contributed by atoms with Crippen LogP contribution in [0.1, 0.15) is 49.4 Å². The van der Waals surface area contributed by atoms with E-state index >= 15 is 4.39 Å². The van der Waals surface area contributed by atoms with Crippen LogP contribution in [-0.2, 0) is 14.2 Å². The van der Waals surface area contributed by atoms with Crippen molar-refractivity contribution in [3.8, 4) is 0 Å². The molecule has 236 valence electrons. The van der Waals surface area contributed by atoms with Crippen LogP contribution >= 0.6 is 0 Å². The van der Waals surface area contributed by atoms with E-state index in [2.05, 4.69) is 10.3 Å². The fourth-order valence-electron chi connectivity index (χ4n) is 4.90. The van der Waals surface area contributed by atoms with Crippen molar-refractivity contribution in [2.75, 3.05) is 56.2 Å². The van der Waals surface area contributed by atoms with Gasteiger partial charge in [-0.2, -0.15) is 0 Å². The predicted octanol–water partition coefficient (Wildman–Crippen LogP) is 4.90. The Hall–Kier alpha value is -4.61. The van der Waals surface area contributed by atoms with E-state index in [-0.39, 0.29) is 25.1 Å². The highest BCUT2D eigenvalue weighted by Crippen LogP contribution is 2.29. The molecular weight excluding hydrogens is 569 g/mol. The number of hydrogen-bond donors (Lipinski definition) is 1. The summed E-state index contributed by atoms with van der Waals surface area (Å²) in [5, 5.41) is 2.80. The molecular formula is C32H40FN5O6. The Morgan fingerprint density at radius 1 is 1.16 bits per heavy atom. The van der Waals surface area contributed by atoms with Crippen molar-refractivity contribution in [2.24, 2.45) is 0 Å². The summed E-state index contributed by atoms with van der Waals surface area (Å²) in [6.07, 6.45) is 3.81. The first kappa shape index (κ1) is 32.3. The molecule has 0 bridgehead atoms. The number of nitrogens with one attached hydrogen (secondary N) is 1. The van der Waals surface area contributed by atoms with Gasteiger partial charge in [-0.25, -0.2) is 14.0 Å². The number of piperazine rings is 1. The lowest BCUT2D eigenvalue weighted by molar-refractivity contribution is 0.0240. The highest BCUT2D eigenvalue weighted by molar-refractivity contribution is 5.95. The Balaban J connectivity index is 1.32. The highest BCUT2D eigenvalue weighted by atomic mass is 19.1. The number of amides is 3. The molecule has 2 fully saturated rings. The van der Waals surface area contributed by atoms with Crippen LogP contribution in [0.2, 0.25) is 0 Å². The molecule has 0 aliphatic carbocycles. The van der Waals surface area contributed by atoms with Crippen LogP contribution in [0.5, 0.6) is 0 Å². The lowest BCUT2D eigenvalue weighted by Crippen LogP contribution is -2.50. The Kier molecular flexibility index (Phi) is 10.1. The number of allylic oxidation sites excluding steroid dienone is 2. The van der Waals surface area contributed by atoms with Gasteiger partial charge in [0.15, 0.2) is 0 Å². The first-order valence-corrected chi connectivity index (χ1v) is 14.5. The number of methoxy groups -OCH3 is 1. The third kappa shape index (κ3) is 8.06. The zero-order chi connectivity index (χ0) is 32.0. The topological polar surface area (TPSA) is 114 Å². The number of rotatable bonds is 8. The fourth-order valence-corrected chi connectivity index (χ4v) is 4.90. The lowest BCUT2D eigenvalue weighted by atomic mass is 10.1. The number of carbonyl (C=O) groups excluding carboxylic acids is 3. The van der Waals surface area contributed by atoms with Crippen LogP contribution in [0.25, 0.3) is 6.08 Å². The SMILES string of the molecule is C/C=C\C(=C/c1ccc(C(=O)NC[C@H]2CN(c3ccc(N4CCN(C(=O)OC(C)(C)C)CC4)c(F)c3)C(=O)O2)c(C)n1)OC. The highest BCUT2D eigenvalue weighted by Gasteiger charge is 2.34. The van der Waals surface area contributed by atoms with Gasteiger partial charge in [0.05, 0.1) is 48.5 Å². The predicted molar refractivity (Wildman–Crippen MR) is 165 cm³/mol. The summed E-state index contributed by atoms with van der Waals surface area (Å²) in [6.45, 7) is 11.0. The van der Waals surface area contributed by atoms with Gasteiger partial charge in [0.2, 0.25) is 0 Å². The molecule has 1 aromatic heterocycles. The maximum absolute atomic E-state index is 15.2. The molecule has 0 spiro atoms. The molecule has 0 saturated carbocycles. The summed E-state index contributed by atoms with van der Waals surface area (Å²) in [5.41, 5.74) is 1.75. The Labute approximate surface area is 257 Å². The van der Waals surface area contributed by atoms with E-state index < -0.39 is 23.6 Å². The van der Waals surface area contributed by atoms with Crippen LogP contribution in [0.4, 0.5) is 25.4 Å². The van der Waals surface area contributed by atoms with Gasteiger partial charge in [0.25, 0.3) is 5.91 Å². The minimum absolute atomic E-state index is 0.0831. The number of pyridine rings is 1. The third-order valence-electron chi connectivity index (χ3n) is 7.09. The number of halogens is 1. The Morgan fingerprint density at radius 3 is 2.50 bits per heavy atom. The largest absolute Gasteiger partial charge is 0.497 e. The number of aromatic nitrogens is 1. The number of carbonyl (C=O) groups is 3. The number of anilines is 2. The standard InChI is InChI=1S/C32H40FN5O6/c1-7-8-24(42-6)17-22-9-11-26(21(2)35-22)29(39)34-19-25-20-38(31(41)43-25)23-10-12-28(27(33)18-23)36-13-15-37(16-14-36)30(40)44-32(3,4)5/h7-12,17-18,25H,13-16,19-20H2,1-6H3,(H,34,39)/b8-7-,24-17+/t25-/m0/s1. The van der Waals surface area contributed by atoms with Crippen LogP contribution < -0.4 is 15.1 Å². The van der Waals surface area contributed by atoms with E-state index in [1.54, 1.807) is 49.3 Å². The van der Waals surface area contributed by atoms with Crippen LogP contribution in [-0.4, -0.2) is 86.1 Å². The minimum Gasteiger partial charge on any atom is -0.497 e. The summed E-state index contributed by atoms with van der Waals surface area (Å²) in [4.78, 5) is 47.1.